The minimum Gasteiger partial charge on any atom is -0.355 e. The van der Waals surface area contributed by atoms with Crippen LogP contribution in [0.3, 0.4) is 0 Å². The number of aryl methyl sites for hydroxylation is 1. The molecule has 0 spiro atoms. The lowest BCUT2D eigenvalue weighted by Gasteiger charge is -2.30. The average Bonchev–Trinajstić information content (AvgIpc) is 2.78. The third kappa shape index (κ3) is 7.15. The Bertz CT molecular complexity index is 881. The van der Waals surface area contributed by atoms with E-state index in [2.05, 4.69) is 17.4 Å². The van der Waals surface area contributed by atoms with E-state index in [1.165, 1.54) is 4.90 Å². The Labute approximate surface area is 184 Å². The summed E-state index contributed by atoms with van der Waals surface area (Å²) in [6, 6.07) is 20.1. The molecule has 1 aliphatic heterocycles. The molecule has 3 rings (SSSR count). The molecule has 1 heterocycles. The van der Waals surface area contributed by atoms with Crippen LogP contribution in [0.1, 0.15) is 24.8 Å². The molecule has 0 aromatic heterocycles. The van der Waals surface area contributed by atoms with Gasteiger partial charge >= 0.3 is 0 Å². The van der Waals surface area contributed by atoms with E-state index in [4.69, 9.17) is 0 Å². The fourth-order valence-corrected chi connectivity index (χ4v) is 5.96. The number of nitrogens with zero attached hydrogens (tertiary/aromatic N) is 1. The molecular formula is C23H30N2O3S2. The molecule has 1 fully saturated rings. The number of piperidine rings is 1. The number of benzene rings is 2. The molecule has 162 valence electrons. The van der Waals surface area contributed by atoms with Gasteiger partial charge < -0.3 is 5.32 Å². The van der Waals surface area contributed by atoms with Crippen LogP contribution in [0.5, 0.6) is 0 Å². The van der Waals surface area contributed by atoms with Crippen LogP contribution in [-0.4, -0.2) is 49.8 Å². The van der Waals surface area contributed by atoms with Gasteiger partial charge in [0.2, 0.25) is 15.9 Å². The molecule has 1 N–H and O–H groups in total. The zero-order valence-electron chi connectivity index (χ0n) is 17.2. The van der Waals surface area contributed by atoms with Gasteiger partial charge in [-0.05, 0) is 43.4 Å². The van der Waals surface area contributed by atoms with Crippen LogP contribution in [0.25, 0.3) is 0 Å². The first kappa shape index (κ1) is 22.8. The first-order chi connectivity index (χ1) is 14.5. The molecule has 0 bridgehead atoms. The van der Waals surface area contributed by atoms with Crippen LogP contribution in [0.4, 0.5) is 0 Å². The lowest BCUT2D eigenvalue weighted by molar-refractivity contribution is -0.125. The normalized spacial score (nSPS) is 15.7. The molecule has 2 aromatic carbocycles. The summed E-state index contributed by atoms with van der Waals surface area (Å²) in [5.41, 5.74) is 1.16. The van der Waals surface area contributed by atoms with Gasteiger partial charge in [0, 0.05) is 36.2 Å². The van der Waals surface area contributed by atoms with E-state index in [-0.39, 0.29) is 17.6 Å². The molecule has 0 saturated carbocycles. The third-order valence-corrected chi connectivity index (χ3v) is 8.31. The Morgan fingerprint density at radius 1 is 1.00 bits per heavy atom. The SMILES string of the molecule is O=C(NCCSc1ccccc1)C1CCN(S(=O)(=O)CCCc2ccccc2)CC1. The van der Waals surface area contributed by atoms with Crippen molar-refractivity contribution in [2.24, 2.45) is 5.92 Å². The van der Waals surface area contributed by atoms with Crippen LogP contribution in [0.2, 0.25) is 0 Å². The average molecular weight is 447 g/mol. The standard InChI is InChI=1S/C23H30N2O3S2/c26-23(24-15-18-29-22-11-5-2-6-12-22)21-13-16-25(17-14-21)30(27,28)19-7-10-20-8-3-1-4-9-20/h1-6,8-9,11-12,21H,7,10,13-19H2,(H,24,26). The zero-order valence-corrected chi connectivity index (χ0v) is 18.8. The van der Waals surface area contributed by atoms with Crippen LogP contribution in [0.15, 0.2) is 65.6 Å². The Morgan fingerprint density at radius 3 is 2.30 bits per heavy atom. The number of sulfonamides is 1. The summed E-state index contributed by atoms with van der Waals surface area (Å²) < 4.78 is 26.8. The van der Waals surface area contributed by atoms with Crippen LogP contribution in [-0.2, 0) is 21.2 Å². The van der Waals surface area contributed by atoms with Gasteiger partial charge in [-0.25, -0.2) is 12.7 Å². The van der Waals surface area contributed by atoms with Crippen molar-refractivity contribution < 1.29 is 13.2 Å². The molecule has 0 unspecified atom stereocenters. The number of rotatable bonds is 10. The maximum atomic E-state index is 12.6. The van der Waals surface area contributed by atoms with E-state index in [9.17, 15) is 13.2 Å². The molecule has 30 heavy (non-hydrogen) atoms. The summed E-state index contributed by atoms with van der Waals surface area (Å²) in [7, 11) is -3.26. The van der Waals surface area contributed by atoms with Gasteiger partial charge in [-0.1, -0.05) is 48.5 Å². The summed E-state index contributed by atoms with van der Waals surface area (Å²) in [6.07, 6.45) is 2.57. The third-order valence-electron chi connectivity index (χ3n) is 5.34. The van der Waals surface area contributed by atoms with Gasteiger partial charge in [-0.2, -0.15) is 0 Å². The smallest absolute Gasteiger partial charge is 0.223 e. The van der Waals surface area contributed by atoms with E-state index in [0.717, 1.165) is 17.7 Å². The van der Waals surface area contributed by atoms with Gasteiger partial charge in [0.05, 0.1) is 5.75 Å². The second-order valence-corrected chi connectivity index (χ2v) is 10.8. The highest BCUT2D eigenvalue weighted by atomic mass is 32.2. The molecule has 2 aromatic rings. The first-order valence-electron chi connectivity index (χ1n) is 10.5. The number of nitrogens with one attached hydrogen (secondary N) is 1. The highest BCUT2D eigenvalue weighted by Gasteiger charge is 2.30. The number of carbonyl (C=O) groups excluding carboxylic acids is 1. The van der Waals surface area contributed by atoms with Crippen molar-refractivity contribution in [2.45, 2.75) is 30.6 Å². The second kappa shape index (κ2) is 11.5. The predicted octanol–water partition coefficient (Wildman–Crippen LogP) is 3.57. The lowest BCUT2D eigenvalue weighted by atomic mass is 9.97. The van der Waals surface area contributed by atoms with Crippen LogP contribution >= 0.6 is 11.8 Å². The van der Waals surface area contributed by atoms with E-state index in [1.807, 2.05) is 48.5 Å². The molecule has 0 atom stereocenters. The summed E-state index contributed by atoms with van der Waals surface area (Å²) >= 11 is 1.72. The lowest BCUT2D eigenvalue weighted by Crippen LogP contribution is -2.44. The number of hydrogen-bond donors (Lipinski definition) is 1. The quantitative estimate of drug-likeness (QED) is 0.448. The molecule has 0 radical (unpaired) electrons. The maximum Gasteiger partial charge on any atom is 0.223 e. The Morgan fingerprint density at radius 2 is 1.63 bits per heavy atom. The minimum atomic E-state index is -3.26. The van der Waals surface area contributed by atoms with Crippen molar-refractivity contribution >= 4 is 27.7 Å². The van der Waals surface area contributed by atoms with E-state index in [0.29, 0.717) is 38.9 Å². The molecule has 7 heteroatoms. The number of amides is 1. The van der Waals surface area contributed by atoms with Crippen LogP contribution < -0.4 is 5.32 Å². The number of thioether (sulfide) groups is 1. The summed E-state index contributed by atoms with van der Waals surface area (Å²) in [5.74, 6) is 0.937. The van der Waals surface area contributed by atoms with Crippen molar-refractivity contribution in [3.63, 3.8) is 0 Å². The van der Waals surface area contributed by atoms with E-state index >= 15 is 0 Å². The first-order valence-corrected chi connectivity index (χ1v) is 13.1. The van der Waals surface area contributed by atoms with Gasteiger partial charge in [-0.3, -0.25) is 4.79 Å². The maximum absolute atomic E-state index is 12.6. The minimum absolute atomic E-state index is 0.0461. The van der Waals surface area contributed by atoms with Gasteiger partial charge in [-0.15, -0.1) is 11.8 Å². The van der Waals surface area contributed by atoms with E-state index < -0.39 is 10.0 Å². The Hall–Kier alpha value is -1.83. The predicted molar refractivity (Wildman–Crippen MR) is 123 cm³/mol. The highest BCUT2D eigenvalue weighted by Crippen LogP contribution is 2.21. The van der Waals surface area contributed by atoms with Gasteiger partial charge in [0.25, 0.3) is 0 Å². The Balaban J connectivity index is 1.34. The number of hydrogen-bond acceptors (Lipinski definition) is 4. The topological polar surface area (TPSA) is 66.5 Å². The molecular weight excluding hydrogens is 416 g/mol. The fraction of sp³-hybridized carbons (Fsp3) is 0.435. The zero-order chi connectivity index (χ0) is 21.2. The summed E-state index contributed by atoms with van der Waals surface area (Å²) in [5, 5.41) is 3.00. The number of carbonyl (C=O) groups is 1. The monoisotopic (exact) mass is 446 g/mol. The van der Waals surface area contributed by atoms with E-state index in [1.54, 1.807) is 16.1 Å². The van der Waals surface area contributed by atoms with Crippen molar-refractivity contribution in [3.8, 4) is 0 Å². The van der Waals surface area contributed by atoms with Gasteiger partial charge in [0.1, 0.15) is 0 Å². The van der Waals surface area contributed by atoms with Crippen molar-refractivity contribution in [2.75, 3.05) is 31.1 Å². The van der Waals surface area contributed by atoms with Gasteiger partial charge in [0.15, 0.2) is 0 Å². The second-order valence-electron chi connectivity index (χ2n) is 7.53. The van der Waals surface area contributed by atoms with Crippen LogP contribution in [0, 0.1) is 5.92 Å². The highest BCUT2D eigenvalue weighted by molar-refractivity contribution is 7.99. The molecule has 1 aliphatic rings. The van der Waals surface area contributed by atoms with Crippen molar-refractivity contribution in [1.29, 1.82) is 0 Å². The summed E-state index contributed by atoms with van der Waals surface area (Å²) in [6.45, 7) is 1.49. The van der Waals surface area contributed by atoms with Crippen molar-refractivity contribution in [1.82, 2.24) is 9.62 Å². The molecule has 1 saturated heterocycles. The van der Waals surface area contributed by atoms with Crippen molar-refractivity contribution in [3.05, 3.63) is 66.2 Å². The molecule has 1 amide bonds. The molecule has 0 aliphatic carbocycles. The molecule has 5 nitrogen and oxygen atoms in total. The summed E-state index contributed by atoms with van der Waals surface area (Å²) in [4.78, 5) is 13.6. The largest absolute Gasteiger partial charge is 0.355 e. The Kier molecular flexibility index (Phi) is 8.78. The fourth-order valence-electron chi connectivity index (χ4n) is 3.63.